The van der Waals surface area contributed by atoms with E-state index in [2.05, 4.69) is 15.5 Å². The van der Waals surface area contributed by atoms with E-state index in [1.165, 1.54) is 0 Å². The second-order valence-electron chi connectivity index (χ2n) is 4.65. The van der Waals surface area contributed by atoms with Crippen molar-refractivity contribution < 1.29 is 14.7 Å². The predicted octanol–water partition coefficient (Wildman–Crippen LogP) is 1.78. The highest BCUT2D eigenvalue weighted by molar-refractivity contribution is 8.15. The molecule has 2 N–H and O–H groups in total. The number of carbonyl (C=O) groups is 2. The van der Waals surface area contributed by atoms with Crippen LogP contribution in [-0.2, 0) is 9.59 Å². The molecule has 0 aliphatic carbocycles. The smallest absolute Gasteiger partial charge is 0.305 e. The molecule has 1 fully saturated rings. The first kappa shape index (κ1) is 15.2. The Balaban J connectivity index is 2.07. The maximum absolute atomic E-state index is 11.5. The Hall–Kier alpha value is -2.15. The number of benzene rings is 1. The van der Waals surface area contributed by atoms with Crippen LogP contribution in [0.3, 0.4) is 0 Å². The lowest BCUT2D eigenvalue weighted by Crippen LogP contribution is -2.26. The van der Waals surface area contributed by atoms with Crippen molar-refractivity contribution in [2.75, 3.05) is 0 Å². The van der Waals surface area contributed by atoms with E-state index < -0.39 is 11.2 Å². The van der Waals surface area contributed by atoms with Crippen LogP contribution >= 0.6 is 11.8 Å². The highest BCUT2D eigenvalue weighted by atomic mass is 32.2. The summed E-state index contributed by atoms with van der Waals surface area (Å²) in [6, 6.07) is 7.86. The number of aryl methyl sites for hydroxylation is 1. The average Bonchev–Trinajstić information content (AvgIpc) is 2.77. The molecular weight excluding hydrogens is 290 g/mol. The Bertz CT molecular complexity index is 623. The third kappa shape index (κ3) is 4.16. The summed E-state index contributed by atoms with van der Waals surface area (Å²) in [5.74, 6) is -1.35. The number of rotatable bonds is 4. The number of thioether (sulfide) groups is 1. The van der Waals surface area contributed by atoms with E-state index in [0.717, 1.165) is 28.6 Å². The van der Waals surface area contributed by atoms with Crippen LogP contribution in [0.15, 0.2) is 34.5 Å². The fraction of sp³-hybridized carbons (Fsp3) is 0.286. The summed E-state index contributed by atoms with van der Waals surface area (Å²) in [4.78, 5) is 22.2. The van der Waals surface area contributed by atoms with Crippen molar-refractivity contribution in [1.29, 1.82) is 0 Å². The molecule has 0 saturated carbocycles. The van der Waals surface area contributed by atoms with Gasteiger partial charge < -0.3 is 10.4 Å². The number of hydrogen-bond donors (Lipinski definition) is 2. The van der Waals surface area contributed by atoms with Crippen molar-refractivity contribution in [2.45, 2.75) is 25.5 Å². The molecule has 1 unspecified atom stereocenters. The molecule has 1 aromatic carbocycles. The van der Waals surface area contributed by atoms with Gasteiger partial charge in [0.25, 0.3) is 0 Å². The molecule has 2 rings (SSSR count). The van der Waals surface area contributed by atoms with E-state index in [1.54, 1.807) is 0 Å². The maximum atomic E-state index is 11.5. The number of hydrogen-bond acceptors (Lipinski definition) is 5. The molecule has 0 bridgehead atoms. The summed E-state index contributed by atoms with van der Waals surface area (Å²) >= 11 is 1.09. The minimum atomic E-state index is -1.01. The fourth-order valence-electron chi connectivity index (χ4n) is 1.72. The van der Waals surface area contributed by atoms with Crippen LogP contribution in [0.25, 0.3) is 0 Å². The third-order valence-corrected chi connectivity index (χ3v) is 3.97. The van der Waals surface area contributed by atoms with Gasteiger partial charge in [0.1, 0.15) is 5.25 Å². The number of aliphatic carboxylic acids is 1. The zero-order chi connectivity index (χ0) is 15.4. The van der Waals surface area contributed by atoms with Gasteiger partial charge in [-0.15, -0.1) is 5.10 Å². The standard InChI is InChI=1S/C14H15N3O3S/c1-8-3-5-10(6-4-8)9(2)16-17-14-15-13(20)11(21-14)7-12(18)19/h3-6,11H,7H2,1-2H3,(H,18,19)(H,15,17,20)/b16-9+. The molecule has 1 aliphatic rings. The number of amides is 1. The molecule has 21 heavy (non-hydrogen) atoms. The highest BCUT2D eigenvalue weighted by Crippen LogP contribution is 2.22. The van der Waals surface area contributed by atoms with Crippen LogP contribution in [0.1, 0.15) is 24.5 Å². The van der Waals surface area contributed by atoms with Gasteiger partial charge in [-0.3, -0.25) is 9.59 Å². The van der Waals surface area contributed by atoms with E-state index >= 15 is 0 Å². The second-order valence-corrected chi connectivity index (χ2v) is 5.84. The maximum Gasteiger partial charge on any atom is 0.305 e. The Kier molecular flexibility index (Phi) is 4.74. The van der Waals surface area contributed by atoms with Crippen molar-refractivity contribution >= 4 is 34.5 Å². The lowest BCUT2D eigenvalue weighted by Gasteiger charge is -1.99. The van der Waals surface area contributed by atoms with Crippen LogP contribution in [0.5, 0.6) is 0 Å². The van der Waals surface area contributed by atoms with Gasteiger partial charge in [-0.2, -0.15) is 5.10 Å². The van der Waals surface area contributed by atoms with Crippen molar-refractivity contribution in [3.05, 3.63) is 35.4 Å². The van der Waals surface area contributed by atoms with Gasteiger partial charge in [0.05, 0.1) is 12.1 Å². The van der Waals surface area contributed by atoms with Crippen molar-refractivity contribution in [1.82, 2.24) is 5.32 Å². The minimum Gasteiger partial charge on any atom is -0.481 e. The van der Waals surface area contributed by atoms with E-state index in [4.69, 9.17) is 5.11 Å². The zero-order valence-corrected chi connectivity index (χ0v) is 12.5. The Morgan fingerprint density at radius 1 is 1.38 bits per heavy atom. The summed E-state index contributed by atoms with van der Waals surface area (Å²) in [5, 5.41) is 19.0. The third-order valence-electron chi connectivity index (χ3n) is 2.90. The zero-order valence-electron chi connectivity index (χ0n) is 11.7. The lowest BCUT2D eigenvalue weighted by molar-refractivity contribution is -0.138. The topological polar surface area (TPSA) is 91.1 Å². The second kappa shape index (κ2) is 6.53. The van der Waals surface area contributed by atoms with Gasteiger partial charge in [0, 0.05) is 0 Å². The number of amidine groups is 1. The monoisotopic (exact) mass is 305 g/mol. The predicted molar refractivity (Wildman–Crippen MR) is 82.6 cm³/mol. The molecule has 1 heterocycles. The Labute approximate surface area is 126 Å². The van der Waals surface area contributed by atoms with Crippen molar-refractivity contribution in [3.8, 4) is 0 Å². The summed E-state index contributed by atoms with van der Waals surface area (Å²) < 4.78 is 0. The highest BCUT2D eigenvalue weighted by Gasteiger charge is 2.32. The molecule has 0 radical (unpaired) electrons. The van der Waals surface area contributed by atoms with Gasteiger partial charge in [-0.05, 0) is 19.4 Å². The van der Waals surface area contributed by atoms with Crippen LogP contribution in [-0.4, -0.2) is 33.1 Å². The quantitative estimate of drug-likeness (QED) is 0.655. The average molecular weight is 305 g/mol. The molecule has 110 valence electrons. The molecular formula is C14H15N3O3S. The van der Waals surface area contributed by atoms with Crippen LogP contribution in [0.2, 0.25) is 0 Å². The molecule has 1 amide bonds. The number of nitrogens with zero attached hydrogens (tertiary/aromatic N) is 2. The summed E-state index contributed by atoms with van der Waals surface area (Å²) in [7, 11) is 0. The van der Waals surface area contributed by atoms with Gasteiger partial charge in [-0.25, -0.2) is 0 Å². The van der Waals surface area contributed by atoms with Crippen LogP contribution in [0.4, 0.5) is 0 Å². The number of carboxylic acids is 1. The van der Waals surface area contributed by atoms with Gasteiger partial charge in [0.15, 0.2) is 5.17 Å². The first-order chi connectivity index (χ1) is 9.95. The SMILES string of the molecule is C/C(=N\N=C1\NC(=O)C(CC(=O)O)S1)c1ccc(C)cc1. The first-order valence-corrected chi connectivity index (χ1v) is 7.22. The summed E-state index contributed by atoms with van der Waals surface area (Å²) in [6.45, 7) is 3.83. The van der Waals surface area contributed by atoms with E-state index in [0.29, 0.717) is 5.17 Å². The molecule has 1 aliphatic heterocycles. The van der Waals surface area contributed by atoms with Crippen molar-refractivity contribution in [2.24, 2.45) is 10.2 Å². The summed E-state index contributed by atoms with van der Waals surface area (Å²) in [5.41, 5.74) is 2.83. The Morgan fingerprint density at radius 3 is 2.67 bits per heavy atom. The van der Waals surface area contributed by atoms with E-state index in [9.17, 15) is 9.59 Å². The van der Waals surface area contributed by atoms with Gasteiger partial charge >= 0.3 is 5.97 Å². The summed E-state index contributed by atoms with van der Waals surface area (Å²) in [6.07, 6.45) is -0.226. The molecule has 1 saturated heterocycles. The lowest BCUT2D eigenvalue weighted by atomic mass is 10.1. The minimum absolute atomic E-state index is 0.226. The fourth-order valence-corrected chi connectivity index (χ4v) is 2.63. The van der Waals surface area contributed by atoms with E-state index in [-0.39, 0.29) is 12.3 Å². The number of carboxylic acid groups (broad SMARTS) is 1. The van der Waals surface area contributed by atoms with Crippen LogP contribution < -0.4 is 5.32 Å². The van der Waals surface area contributed by atoms with E-state index in [1.807, 2.05) is 38.1 Å². The molecule has 1 aromatic rings. The molecule has 7 heteroatoms. The first-order valence-electron chi connectivity index (χ1n) is 6.34. The normalized spacial score (nSPS) is 20.7. The molecule has 6 nitrogen and oxygen atoms in total. The van der Waals surface area contributed by atoms with Crippen molar-refractivity contribution in [3.63, 3.8) is 0 Å². The molecule has 1 atom stereocenters. The molecule has 0 aromatic heterocycles. The van der Waals surface area contributed by atoms with Gasteiger partial charge in [0.2, 0.25) is 5.91 Å². The number of carbonyl (C=O) groups excluding carboxylic acids is 1. The molecule has 0 spiro atoms. The Morgan fingerprint density at radius 2 is 2.05 bits per heavy atom. The largest absolute Gasteiger partial charge is 0.481 e. The van der Waals surface area contributed by atoms with Crippen LogP contribution in [0, 0.1) is 6.92 Å². The number of nitrogens with one attached hydrogen (secondary N) is 1. The van der Waals surface area contributed by atoms with Gasteiger partial charge in [-0.1, -0.05) is 41.6 Å².